The summed E-state index contributed by atoms with van der Waals surface area (Å²) in [5.74, 6) is -1.14. The first-order valence-electron chi connectivity index (χ1n) is 6.74. The summed E-state index contributed by atoms with van der Waals surface area (Å²) in [5, 5.41) is 39.1. The van der Waals surface area contributed by atoms with Gasteiger partial charge in [0.05, 0.1) is 0 Å². The van der Waals surface area contributed by atoms with E-state index in [1.54, 1.807) is 6.07 Å². The van der Waals surface area contributed by atoms with E-state index in [9.17, 15) is 20.1 Å². The van der Waals surface area contributed by atoms with Crippen molar-refractivity contribution in [3.8, 4) is 5.75 Å². The van der Waals surface area contributed by atoms with Crippen LogP contribution in [-0.4, -0.2) is 62.1 Å². The van der Waals surface area contributed by atoms with Gasteiger partial charge < -0.3 is 34.9 Å². The fourth-order valence-corrected chi connectivity index (χ4v) is 2.80. The van der Waals surface area contributed by atoms with Crippen molar-refractivity contribution >= 4 is 32.8 Å². The fourth-order valence-electron chi connectivity index (χ4n) is 2.44. The van der Waals surface area contributed by atoms with Crippen LogP contribution >= 0.6 is 15.9 Å². The lowest BCUT2D eigenvalue weighted by Gasteiger charge is -2.38. The Kier molecular flexibility index (Phi) is 4.30. The van der Waals surface area contributed by atoms with Crippen molar-refractivity contribution in [2.45, 2.75) is 30.7 Å². The number of fused-ring (bicyclic) bond motifs is 1. The SMILES string of the molecule is O=C(O)[C@@H]1O[C@@H](Oc2c[nH]c3ccc(Br)cc23)[C@H](O)[C@H](O)[C@@H]1O. The standard InChI is InChI=1S/C14H14BrNO7/c15-5-1-2-7-6(3-5)8(4-16-7)22-14-11(19)9(17)10(18)12(23-14)13(20)21/h1-4,9-12,14,16-19H,(H,20,21)/t9-,10+,11-,12-,14-/m1/s1. The van der Waals surface area contributed by atoms with Crippen LogP contribution in [0.5, 0.6) is 5.75 Å². The molecule has 1 saturated heterocycles. The van der Waals surface area contributed by atoms with Crippen LogP contribution in [0.15, 0.2) is 28.9 Å². The number of aliphatic carboxylic acids is 1. The molecule has 2 aromatic rings. The van der Waals surface area contributed by atoms with E-state index in [1.165, 1.54) is 6.20 Å². The Hall–Kier alpha value is -1.65. The average Bonchev–Trinajstić information content (AvgIpc) is 2.89. The van der Waals surface area contributed by atoms with Crippen molar-refractivity contribution in [1.29, 1.82) is 0 Å². The van der Waals surface area contributed by atoms with E-state index in [0.717, 1.165) is 9.99 Å². The van der Waals surface area contributed by atoms with Gasteiger partial charge >= 0.3 is 5.97 Å². The Balaban J connectivity index is 1.88. The zero-order chi connectivity index (χ0) is 16.7. The maximum atomic E-state index is 11.1. The Morgan fingerprint density at radius 1 is 1.22 bits per heavy atom. The van der Waals surface area contributed by atoms with Gasteiger partial charge in [0.25, 0.3) is 0 Å². The molecule has 3 rings (SSSR count). The molecule has 2 heterocycles. The highest BCUT2D eigenvalue weighted by Gasteiger charge is 2.48. The molecule has 1 aliphatic rings. The van der Waals surface area contributed by atoms with Crippen LogP contribution in [-0.2, 0) is 9.53 Å². The maximum absolute atomic E-state index is 11.1. The second-order valence-electron chi connectivity index (χ2n) is 5.20. The summed E-state index contributed by atoms with van der Waals surface area (Å²) < 4.78 is 11.4. The van der Waals surface area contributed by atoms with Crippen LogP contribution in [0.1, 0.15) is 0 Å². The average molecular weight is 388 g/mol. The minimum absolute atomic E-state index is 0.318. The molecule has 0 bridgehead atoms. The molecule has 0 amide bonds. The Morgan fingerprint density at radius 2 is 1.96 bits per heavy atom. The third-order valence-corrected chi connectivity index (χ3v) is 4.16. The van der Waals surface area contributed by atoms with Crippen molar-refractivity contribution in [3.05, 3.63) is 28.9 Å². The second-order valence-corrected chi connectivity index (χ2v) is 6.11. The van der Waals surface area contributed by atoms with Crippen LogP contribution in [0.4, 0.5) is 0 Å². The molecular formula is C14H14BrNO7. The molecule has 23 heavy (non-hydrogen) atoms. The monoisotopic (exact) mass is 387 g/mol. The van der Waals surface area contributed by atoms with Crippen molar-refractivity contribution in [2.24, 2.45) is 0 Å². The molecule has 0 radical (unpaired) electrons. The van der Waals surface area contributed by atoms with Gasteiger partial charge in [0.15, 0.2) is 6.10 Å². The topological polar surface area (TPSA) is 132 Å². The predicted octanol–water partition coefficient (Wildman–Crippen LogP) is 0.201. The number of carboxylic acid groups (broad SMARTS) is 1. The van der Waals surface area contributed by atoms with Crippen molar-refractivity contribution in [2.75, 3.05) is 0 Å². The third-order valence-electron chi connectivity index (χ3n) is 3.66. The normalized spacial score (nSPS) is 31.2. The summed E-state index contributed by atoms with van der Waals surface area (Å²) in [6.07, 6.45) is -6.66. The summed E-state index contributed by atoms with van der Waals surface area (Å²) in [6, 6.07) is 5.41. The van der Waals surface area contributed by atoms with Crippen LogP contribution in [0.25, 0.3) is 10.9 Å². The van der Waals surface area contributed by atoms with Gasteiger partial charge in [-0.1, -0.05) is 15.9 Å². The maximum Gasteiger partial charge on any atom is 0.335 e. The molecule has 0 unspecified atom stereocenters. The highest BCUT2D eigenvalue weighted by molar-refractivity contribution is 9.10. The number of hydrogen-bond acceptors (Lipinski definition) is 6. The first-order chi connectivity index (χ1) is 10.9. The first kappa shape index (κ1) is 16.2. The van der Waals surface area contributed by atoms with Crippen LogP contribution in [0.2, 0.25) is 0 Å². The van der Waals surface area contributed by atoms with Crippen molar-refractivity contribution < 1.29 is 34.7 Å². The van der Waals surface area contributed by atoms with Gasteiger partial charge in [-0.2, -0.15) is 0 Å². The number of nitrogens with one attached hydrogen (secondary N) is 1. The molecule has 1 aromatic heterocycles. The number of aliphatic hydroxyl groups is 3. The van der Waals surface area contributed by atoms with Gasteiger partial charge in [0, 0.05) is 21.6 Å². The number of aromatic amines is 1. The Bertz CT molecular complexity index is 733. The number of aromatic nitrogens is 1. The van der Waals surface area contributed by atoms with Gasteiger partial charge in [-0.15, -0.1) is 0 Å². The Morgan fingerprint density at radius 3 is 2.65 bits per heavy atom. The number of halogens is 1. The third kappa shape index (κ3) is 2.93. The molecule has 0 spiro atoms. The lowest BCUT2D eigenvalue weighted by Crippen LogP contribution is -2.61. The van der Waals surface area contributed by atoms with E-state index in [1.807, 2.05) is 12.1 Å². The predicted molar refractivity (Wildman–Crippen MR) is 80.9 cm³/mol. The number of carboxylic acids is 1. The van der Waals surface area contributed by atoms with Crippen LogP contribution in [0, 0.1) is 0 Å². The molecule has 8 nitrogen and oxygen atoms in total. The molecule has 5 N–H and O–H groups in total. The second kappa shape index (κ2) is 6.10. The van der Waals surface area contributed by atoms with E-state index in [-0.39, 0.29) is 0 Å². The summed E-state index contributed by atoms with van der Waals surface area (Å²) in [6.45, 7) is 0. The minimum Gasteiger partial charge on any atom is -0.479 e. The number of rotatable bonds is 3. The fraction of sp³-hybridized carbons (Fsp3) is 0.357. The highest BCUT2D eigenvalue weighted by Crippen LogP contribution is 2.31. The van der Waals surface area contributed by atoms with Crippen molar-refractivity contribution in [1.82, 2.24) is 4.98 Å². The molecular weight excluding hydrogens is 374 g/mol. The molecule has 124 valence electrons. The molecule has 0 saturated carbocycles. The molecule has 1 aromatic carbocycles. The van der Waals surface area contributed by atoms with Gasteiger partial charge in [-0.3, -0.25) is 0 Å². The Labute approximate surface area is 138 Å². The lowest BCUT2D eigenvalue weighted by atomic mass is 9.99. The molecule has 5 atom stereocenters. The van der Waals surface area contributed by atoms with E-state index < -0.39 is 36.7 Å². The van der Waals surface area contributed by atoms with Crippen LogP contribution in [0.3, 0.4) is 0 Å². The number of ether oxygens (including phenoxy) is 2. The summed E-state index contributed by atoms with van der Waals surface area (Å²) in [7, 11) is 0. The van der Waals surface area contributed by atoms with E-state index in [2.05, 4.69) is 20.9 Å². The molecule has 1 aliphatic heterocycles. The first-order valence-corrected chi connectivity index (χ1v) is 7.53. The largest absolute Gasteiger partial charge is 0.479 e. The number of carbonyl (C=O) groups is 1. The summed E-state index contributed by atoms with van der Waals surface area (Å²) in [5.41, 5.74) is 0.767. The van der Waals surface area contributed by atoms with Crippen molar-refractivity contribution in [3.63, 3.8) is 0 Å². The zero-order valence-corrected chi connectivity index (χ0v) is 13.2. The smallest absolute Gasteiger partial charge is 0.335 e. The molecule has 0 aliphatic carbocycles. The zero-order valence-electron chi connectivity index (χ0n) is 11.6. The molecule has 9 heteroatoms. The number of hydrogen-bond donors (Lipinski definition) is 5. The minimum atomic E-state index is -1.75. The highest BCUT2D eigenvalue weighted by atomic mass is 79.9. The molecule has 1 fully saturated rings. The van der Waals surface area contributed by atoms with E-state index in [0.29, 0.717) is 11.1 Å². The van der Waals surface area contributed by atoms with Gasteiger partial charge in [-0.05, 0) is 18.2 Å². The number of aliphatic hydroxyl groups excluding tert-OH is 3. The quantitative estimate of drug-likeness (QED) is 0.508. The van der Waals surface area contributed by atoms with Crippen LogP contribution < -0.4 is 4.74 Å². The van der Waals surface area contributed by atoms with E-state index in [4.69, 9.17) is 14.6 Å². The van der Waals surface area contributed by atoms with Gasteiger partial charge in [0.1, 0.15) is 24.1 Å². The van der Waals surface area contributed by atoms with Gasteiger partial charge in [0.2, 0.25) is 6.29 Å². The number of benzene rings is 1. The van der Waals surface area contributed by atoms with Gasteiger partial charge in [-0.25, -0.2) is 4.79 Å². The summed E-state index contributed by atoms with van der Waals surface area (Å²) >= 11 is 3.33. The van der Waals surface area contributed by atoms with E-state index >= 15 is 0 Å². The number of H-pyrrole nitrogens is 1. The lowest BCUT2D eigenvalue weighted by molar-refractivity contribution is -0.270. The summed E-state index contributed by atoms with van der Waals surface area (Å²) in [4.78, 5) is 14.0.